The molecule has 2 saturated heterocycles. The lowest BCUT2D eigenvalue weighted by atomic mass is 10.1. The van der Waals surface area contributed by atoms with E-state index in [0.29, 0.717) is 0 Å². The number of hydrogen-bond acceptors (Lipinski definition) is 6. The Balaban J connectivity index is 1.48. The van der Waals surface area contributed by atoms with Crippen LogP contribution in [0.1, 0.15) is 0 Å². The van der Waals surface area contributed by atoms with Gasteiger partial charge in [-0.15, -0.1) is 0 Å². The Morgan fingerprint density at radius 2 is 2.05 bits per heavy atom. The van der Waals surface area contributed by atoms with Crippen LogP contribution >= 0.6 is 23.1 Å². The van der Waals surface area contributed by atoms with Crippen molar-refractivity contribution in [3.8, 4) is 5.75 Å². The summed E-state index contributed by atoms with van der Waals surface area (Å²) in [5.41, 5.74) is 0.998. The zero-order valence-electron chi connectivity index (χ0n) is 12.1. The SMILES string of the molecule is COc1cccc2sc(N3CC(N4CCSCC4)C3)nc12. The van der Waals surface area contributed by atoms with E-state index in [1.807, 2.05) is 12.1 Å². The lowest BCUT2D eigenvalue weighted by Crippen LogP contribution is -2.61. The second-order valence-corrected chi connectivity index (χ2v) is 7.74. The highest BCUT2D eigenvalue weighted by atomic mass is 32.2. The number of thioether (sulfide) groups is 1. The molecule has 0 amide bonds. The molecule has 6 heteroatoms. The molecule has 2 aromatic rings. The molecule has 0 bridgehead atoms. The van der Waals surface area contributed by atoms with Crippen molar-refractivity contribution in [2.45, 2.75) is 6.04 Å². The van der Waals surface area contributed by atoms with Crippen molar-refractivity contribution >= 4 is 38.4 Å². The van der Waals surface area contributed by atoms with E-state index < -0.39 is 0 Å². The monoisotopic (exact) mass is 321 g/mol. The largest absolute Gasteiger partial charge is 0.494 e. The fraction of sp³-hybridized carbons (Fsp3) is 0.533. The molecule has 0 aliphatic carbocycles. The van der Waals surface area contributed by atoms with E-state index >= 15 is 0 Å². The fourth-order valence-electron chi connectivity index (χ4n) is 3.00. The number of thiazole rings is 1. The third-order valence-corrected chi connectivity index (χ3v) is 6.31. The molecule has 21 heavy (non-hydrogen) atoms. The van der Waals surface area contributed by atoms with Crippen molar-refractivity contribution in [3.05, 3.63) is 18.2 Å². The highest BCUT2D eigenvalue weighted by Crippen LogP contribution is 2.36. The highest BCUT2D eigenvalue weighted by molar-refractivity contribution is 7.99. The second-order valence-electron chi connectivity index (χ2n) is 5.51. The molecular formula is C15H19N3OS2. The van der Waals surface area contributed by atoms with E-state index in [4.69, 9.17) is 9.72 Å². The van der Waals surface area contributed by atoms with Gasteiger partial charge in [-0.25, -0.2) is 4.98 Å². The molecule has 1 aromatic heterocycles. The number of ether oxygens (including phenoxy) is 1. The molecule has 0 spiro atoms. The van der Waals surface area contributed by atoms with Gasteiger partial charge in [-0.1, -0.05) is 17.4 Å². The minimum Gasteiger partial charge on any atom is -0.494 e. The molecule has 1 aromatic carbocycles. The van der Waals surface area contributed by atoms with Crippen molar-refractivity contribution in [2.75, 3.05) is 49.7 Å². The zero-order chi connectivity index (χ0) is 14.2. The normalized spacial score (nSPS) is 20.7. The highest BCUT2D eigenvalue weighted by Gasteiger charge is 2.34. The number of fused-ring (bicyclic) bond motifs is 1. The smallest absolute Gasteiger partial charge is 0.186 e. The molecule has 112 valence electrons. The maximum Gasteiger partial charge on any atom is 0.186 e. The van der Waals surface area contributed by atoms with Crippen LogP contribution in [-0.4, -0.2) is 60.7 Å². The minimum absolute atomic E-state index is 0.722. The van der Waals surface area contributed by atoms with Crippen LogP contribution in [0.25, 0.3) is 10.2 Å². The average molecular weight is 321 g/mol. The Hall–Kier alpha value is -0.980. The van der Waals surface area contributed by atoms with Gasteiger partial charge in [0.2, 0.25) is 0 Å². The number of para-hydroxylation sites is 1. The maximum absolute atomic E-state index is 5.40. The van der Waals surface area contributed by atoms with Gasteiger partial charge in [-0.3, -0.25) is 4.90 Å². The second kappa shape index (κ2) is 5.66. The van der Waals surface area contributed by atoms with Crippen LogP contribution in [0.3, 0.4) is 0 Å². The summed E-state index contributed by atoms with van der Waals surface area (Å²) in [7, 11) is 1.71. The lowest BCUT2D eigenvalue weighted by molar-refractivity contribution is 0.183. The van der Waals surface area contributed by atoms with Crippen LogP contribution in [0, 0.1) is 0 Å². The first kappa shape index (κ1) is 13.7. The summed E-state index contributed by atoms with van der Waals surface area (Å²) in [6.45, 7) is 4.73. The lowest BCUT2D eigenvalue weighted by Gasteiger charge is -2.46. The summed E-state index contributed by atoms with van der Waals surface area (Å²) in [5, 5.41) is 1.14. The van der Waals surface area contributed by atoms with Gasteiger partial charge in [0.15, 0.2) is 5.13 Å². The number of rotatable bonds is 3. The van der Waals surface area contributed by atoms with Crippen LogP contribution in [0.2, 0.25) is 0 Å². The van der Waals surface area contributed by atoms with Crippen LogP contribution in [0.4, 0.5) is 5.13 Å². The maximum atomic E-state index is 5.40. The molecule has 0 N–H and O–H groups in total. The Bertz CT molecular complexity index is 633. The van der Waals surface area contributed by atoms with Crippen LogP contribution in [0.5, 0.6) is 5.75 Å². The molecule has 0 saturated carbocycles. The molecule has 3 heterocycles. The van der Waals surface area contributed by atoms with Gasteiger partial charge in [-0.05, 0) is 12.1 Å². The topological polar surface area (TPSA) is 28.6 Å². The first-order valence-electron chi connectivity index (χ1n) is 7.35. The van der Waals surface area contributed by atoms with E-state index in [1.54, 1.807) is 18.4 Å². The molecule has 0 atom stereocenters. The molecule has 4 rings (SSSR count). The molecule has 0 radical (unpaired) electrons. The number of hydrogen-bond donors (Lipinski definition) is 0. The number of benzene rings is 1. The summed E-state index contributed by atoms with van der Waals surface area (Å²) in [5.74, 6) is 3.45. The van der Waals surface area contributed by atoms with E-state index in [-0.39, 0.29) is 0 Å². The van der Waals surface area contributed by atoms with E-state index in [1.165, 1.54) is 29.3 Å². The average Bonchev–Trinajstić information content (AvgIpc) is 2.90. The fourth-order valence-corrected chi connectivity index (χ4v) is 4.93. The van der Waals surface area contributed by atoms with Gasteiger partial charge in [0.05, 0.1) is 11.8 Å². The van der Waals surface area contributed by atoms with Crippen molar-refractivity contribution in [3.63, 3.8) is 0 Å². The minimum atomic E-state index is 0.722. The first-order valence-corrected chi connectivity index (χ1v) is 9.32. The predicted molar refractivity (Wildman–Crippen MR) is 91.1 cm³/mol. The van der Waals surface area contributed by atoms with Crippen LogP contribution in [-0.2, 0) is 0 Å². The molecule has 2 fully saturated rings. The van der Waals surface area contributed by atoms with Gasteiger partial charge in [0, 0.05) is 43.7 Å². The summed E-state index contributed by atoms with van der Waals surface area (Å²) in [6, 6.07) is 6.86. The summed E-state index contributed by atoms with van der Waals surface area (Å²) >= 11 is 3.85. The molecular weight excluding hydrogens is 302 g/mol. The predicted octanol–water partition coefficient (Wildman–Crippen LogP) is 2.54. The van der Waals surface area contributed by atoms with E-state index in [2.05, 4.69) is 27.6 Å². The van der Waals surface area contributed by atoms with Crippen LogP contribution in [0.15, 0.2) is 18.2 Å². The van der Waals surface area contributed by atoms with Crippen LogP contribution < -0.4 is 9.64 Å². The molecule has 2 aliphatic heterocycles. The van der Waals surface area contributed by atoms with Gasteiger partial charge < -0.3 is 9.64 Å². The standard InChI is InChI=1S/C15H19N3OS2/c1-19-12-3-2-4-13-14(12)16-15(21-13)18-9-11(10-18)17-5-7-20-8-6-17/h2-4,11H,5-10H2,1H3. The molecule has 4 nitrogen and oxygen atoms in total. The Morgan fingerprint density at radius 3 is 2.81 bits per heavy atom. The summed E-state index contributed by atoms with van der Waals surface area (Å²) < 4.78 is 6.61. The quantitative estimate of drug-likeness (QED) is 0.866. The third-order valence-electron chi connectivity index (χ3n) is 4.29. The first-order chi connectivity index (χ1) is 10.3. The van der Waals surface area contributed by atoms with Gasteiger partial charge in [0.1, 0.15) is 11.3 Å². The zero-order valence-corrected chi connectivity index (χ0v) is 13.8. The van der Waals surface area contributed by atoms with Gasteiger partial charge in [0.25, 0.3) is 0 Å². The Morgan fingerprint density at radius 1 is 1.24 bits per heavy atom. The number of aromatic nitrogens is 1. The summed E-state index contributed by atoms with van der Waals surface area (Å²) in [6.07, 6.45) is 0. The van der Waals surface area contributed by atoms with Crippen molar-refractivity contribution in [1.82, 2.24) is 9.88 Å². The van der Waals surface area contributed by atoms with Crippen molar-refractivity contribution in [1.29, 1.82) is 0 Å². The Kier molecular flexibility index (Phi) is 3.69. The number of methoxy groups -OCH3 is 1. The van der Waals surface area contributed by atoms with Gasteiger partial charge in [-0.2, -0.15) is 11.8 Å². The Labute approximate surface area is 133 Å². The number of nitrogens with zero attached hydrogens (tertiary/aromatic N) is 3. The third kappa shape index (κ3) is 2.49. The van der Waals surface area contributed by atoms with Gasteiger partial charge >= 0.3 is 0 Å². The van der Waals surface area contributed by atoms with E-state index in [0.717, 1.165) is 35.5 Å². The van der Waals surface area contributed by atoms with E-state index in [9.17, 15) is 0 Å². The molecule has 0 unspecified atom stereocenters. The molecule has 2 aliphatic rings. The van der Waals surface area contributed by atoms with Crippen molar-refractivity contribution in [2.24, 2.45) is 0 Å². The number of anilines is 1. The van der Waals surface area contributed by atoms with Crippen molar-refractivity contribution < 1.29 is 4.74 Å². The summed E-state index contributed by atoms with van der Waals surface area (Å²) in [4.78, 5) is 9.82.